The Balaban J connectivity index is 1.87. The lowest BCUT2D eigenvalue weighted by atomic mass is 10.0. The molecule has 0 radical (unpaired) electrons. The molecule has 0 aromatic heterocycles. The van der Waals surface area contributed by atoms with Crippen LogP contribution < -0.4 is 16.6 Å². The molecule has 5 heteroatoms. The molecule has 0 amide bonds. The molecule has 1 aromatic rings. The average molecular weight is 275 g/mol. The van der Waals surface area contributed by atoms with Gasteiger partial charge >= 0.3 is 0 Å². The van der Waals surface area contributed by atoms with Crippen LogP contribution in [0.2, 0.25) is 0 Å². The van der Waals surface area contributed by atoms with E-state index in [1.165, 1.54) is 12.0 Å². The van der Waals surface area contributed by atoms with Gasteiger partial charge in [0, 0.05) is 25.7 Å². The van der Waals surface area contributed by atoms with Crippen LogP contribution in [0.25, 0.3) is 0 Å². The lowest BCUT2D eigenvalue weighted by molar-refractivity contribution is 0.192. The van der Waals surface area contributed by atoms with E-state index >= 15 is 0 Å². The first-order chi connectivity index (χ1) is 9.81. The van der Waals surface area contributed by atoms with Gasteiger partial charge in [0.1, 0.15) is 0 Å². The van der Waals surface area contributed by atoms with Crippen LogP contribution in [0.1, 0.15) is 25.3 Å². The highest BCUT2D eigenvalue weighted by Crippen LogP contribution is 2.13. The molecule has 0 aliphatic carbocycles. The normalized spacial score (nSPS) is 20.7. The third kappa shape index (κ3) is 4.51. The fraction of sp³-hybridized carbons (Fsp3) is 0.533. The minimum atomic E-state index is 0.411. The van der Waals surface area contributed by atoms with E-state index in [1.54, 1.807) is 0 Å². The molecule has 1 aliphatic heterocycles. The van der Waals surface area contributed by atoms with E-state index in [4.69, 9.17) is 5.84 Å². The molecule has 1 heterocycles. The number of nitrogens with two attached hydrogens (primary N) is 1. The number of hydrogen-bond acceptors (Lipinski definition) is 3. The molecule has 110 valence electrons. The Kier molecular flexibility index (Phi) is 5.83. The lowest BCUT2D eigenvalue weighted by Gasteiger charge is -2.33. The van der Waals surface area contributed by atoms with Crippen LogP contribution in [0.3, 0.4) is 0 Å². The molecule has 1 saturated heterocycles. The maximum atomic E-state index is 5.48. The number of piperidine rings is 1. The second-order valence-corrected chi connectivity index (χ2v) is 5.17. The Morgan fingerprint density at radius 1 is 1.40 bits per heavy atom. The zero-order valence-corrected chi connectivity index (χ0v) is 12.2. The fourth-order valence-electron chi connectivity index (χ4n) is 2.64. The molecule has 1 aliphatic rings. The Bertz CT molecular complexity index is 418. The SMILES string of the molecule is CCN=C(NN)NC1CCCN(Cc2ccccc2)C1. The molecule has 0 bridgehead atoms. The van der Waals surface area contributed by atoms with Gasteiger partial charge in [0.2, 0.25) is 5.96 Å². The first-order valence-electron chi connectivity index (χ1n) is 7.35. The third-order valence-corrected chi connectivity index (χ3v) is 3.55. The van der Waals surface area contributed by atoms with Crippen molar-refractivity contribution in [2.24, 2.45) is 10.8 Å². The summed E-state index contributed by atoms with van der Waals surface area (Å²) < 4.78 is 0. The Morgan fingerprint density at radius 3 is 2.90 bits per heavy atom. The molecule has 0 saturated carbocycles. The Labute approximate surface area is 121 Å². The minimum Gasteiger partial charge on any atom is -0.351 e. The van der Waals surface area contributed by atoms with Gasteiger partial charge in [-0.05, 0) is 31.9 Å². The quantitative estimate of drug-likeness (QED) is 0.333. The maximum Gasteiger partial charge on any atom is 0.205 e. The van der Waals surface area contributed by atoms with Crippen molar-refractivity contribution in [1.29, 1.82) is 0 Å². The van der Waals surface area contributed by atoms with E-state index in [1.807, 2.05) is 6.92 Å². The monoisotopic (exact) mass is 275 g/mol. The minimum absolute atomic E-state index is 0.411. The summed E-state index contributed by atoms with van der Waals surface area (Å²) in [6.45, 7) is 5.92. The van der Waals surface area contributed by atoms with Crippen LogP contribution >= 0.6 is 0 Å². The van der Waals surface area contributed by atoms with Gasteiger partial charge in [-0.3, -0.25) is 15.3 Å². The molecular formula is C15H25N5. The molecule has 1 fully saturated rings. The summed E-state index contributed by atoms with van der Waals surface area (Å²) in [7, 11) is 0. The zero-order chi connectivity index (χ0) is 14.2. The van der Waals surface area contributed by atoms with Crippen molar-refractivity contribution in [3.05, 3.63) is 35.9 Å². The number of hydrogen-bond donors (Lipinski definition) is 3. The van der Waals surface area contributed by atoms with E-state index in [9.17, 15) is 0 Å². The van der Waals surface area contributed by atoms with Gasteiger partial charge in [0.25, 0.3) is 0 Å². The van der Waals surface area contributed by atoms with Crippen molar-refractivity contribution >= 4 is 5.96 Å². The Morgan fingerprint density at radius 2 is 2.20 bits per heavy atom. The molecule has 20 heavy (non-hydrogen) atoms. The summed E-state index contributed by atoms with van der Waals surface area (Å²) >= 11 is 0. The number of benzene rings is 1. The van der Waals surface area contributed by atoms with Gasteiger partial charge in [0.15, 0.2) is 0 Å². The van der Waals surface area contributed by atoms with Crippen molar-refractivity contribution in [3.63, 3.8) is 0 Å². The topological polar surface area (TPSA) is 65.7 Å². The van der Waals surface area contributed by atoms with Crippen LogP contribution in [0.15, 0.2) is 35.3 Å². The van der Waals surface area contributed by atoms with Gasteiger partial charge in [-0.25, -0.2) is 5.84 Å². The number of nitrogens with one attached hydrogen (secondary N) is 2. The van der Waals surface area contributed by atoms with Gasteiger partial charge in [-0.15, -0.1) is 0 Å². The number of hydrazine groups is 1. The van der Waals surface area contributed by atoms with E-state index in [-0.39, 0.29) is 0 Å². The molecule has 1 atom stereocenters. The summed E-state index contributed by atoms with van der Waals surface area (Å²) in [4.78, 5) is 6.78. The second kappa shape index (κ2) is 7.87. The smallest absolute Gasteiger partial charge is 0.205 e. The number of guanidine groups is 1. The van der Waals surface area contributed by atoms with Crippen molar-refractivity contribution in [3.8, 4) is 0 Å². The largest absolute Gasteiger partial charge is 0.351 e. The highest BCUT2D eigenvalue weighted by atomic mass is 15.3. The van der Waals surface area contributed by atoms with E-state index < -0.39 is 0 Å². The number of rotatable bonds is 4. The highest BCUT2D eigenvalue weighted by molar-refractivity contribution is 5.79. The predicted molar refractivity (Wildman–Crippen MR) is 83.2 cm³/mol. The highest BCUT2D eigenvalue weighted by Gasteiger charge is 2.20. The van der Waals surface area contributed by atoms with Crippen molar-refractivity contribution in [2.75, 3.05) is 19.6 Å². The zero-order valence-electron chi connectivity index (χ0n) is 12.2. The molecule has 4 N–H and O–H groups in total. The first kappa shape index (κ1) is 14.8. The predicted octanol–water partition coefficient (Wildman–Crippen LogP) is 1.08. The standard InChI is InChI=1S/C15H25N5/c1-2-17-15(19-16)18-14-9-6-10-20(12-14)11-13-7-4-3-5-8-13/h3-5,7-8,14H,2,6,9-12,16H2,1H3,(H2,17,18,19). The molecular weight excluding hydrogens is 250 g/mol. The van der Waals surface area contributed by atoms with Gasteiger partial charge in [0.05, 0.1) is 0 Å². The third-order valence-electron chi connectivity index (χ3n) is 3.55. The first-order valence-corrected chi connectivity index (χ1v) is 7.35. The average Bonchev–Trinajstić information content (AvgIpc) is 2.48. The maximum absolute atomic E-state index is 5.48. The van der Waals surface area contributed by atoms with Gasteiger partial charge < -0.3 is 5.32 Å². The van der Waals surface area contributed by atoms with Crippen LogP contribution in [-0.2, 0) is 6.54 Å². The summed E-state index contributed by atoms with van der Waals surface area (Å²) in [6, 6.07) is 11.0. The van der Waals surface area contributed by atoms with E-state index in [2.05, 4.69) is 51.0 Å². The molecule has 2 rings (SSSR count). The van der Waals surface area contributed by atoms with Gasteiger partial charge in [-0.1, -0.05) is 30.3 Å². The van der Waals surface area contributed by atoms with E-state index in [0.717, 1.165) is 32.6 Å². The van der Waals surface area contributed by atoms with Crippen molar-refractivity contribution in [1.82, 2.24) is 15.6 Å². The van der Waals surface area contributed by atoms with Crippen molar-refractivity contribution < 1.29 is 0 Å². The lowest BCUT2D eigenvalue weighted by Crippen LogP contribution is -2.52. The number of likely N-dealkylation sites (tertiary alicyclic amines) is 1. The number of nitrogens with zero attached hydrogens (tertiary/aromatic N) is 2. The van der Waals surface area contributed by atoms with E-state index in [0.29, 0.717) is 12.0 Å². The van der Waals surface area contributed by atoms with Gasteiger partial charge in [-0.2, -0.15) is 0 Å². The summed E-state index contributed by atoms with van der Waals surface area (Å²) in [6.07, 6.45) is 2.37. The molecule has 1 unspecified atom stereocenters. The summed E-state index contributed by atoms with van der Waals surface area (Å²) in [5, 5.41) is 3.39. The summed E-state index contributed by atoms with van der Waals surface area (Å²) in [5.74, 6) is 6.17. The van der Waals surface area contributed by atoms with Crippen LogP contribution in [-0.4, -0.2) is 36.5 Å². The molecule has 5 nitrogen and oxygen atoms in total. The van der Waals surface area contributed by atoms with Crippen LogP contribution in [0.5, 0.6) is 0 Å². The number of aliphatic imine (C=N–C) groups is 1. The summed E-state index contributed by atoms with van der Waals surface area (Å²) in [5.41, 5.74) is 4.00. The fourth-order valence-corrected chi connectivity index (χ4v) is 2.64. The molecule has 1 aromatic carbocycles. The van der Waals surface area contributed by atoms with Crippen LogP contribution in [0, 0.1) is 0 Å². The van der Waals surface area contributed by atoms with Crippen LogP contribution in [0.4, 0.5) is 0 Å². The Hall–Kier alpha value is -1.59. The molecule has 0 spiro atoms. The second-order valence-electron chi connectivity index (χ2n) is 5.17. The van der Waals surface area contributed by atoms with Crippen molar-refractivity contribution in [2.45, 2.75) is 32.4 Å².